The Labute approximate surface area is 151 Å². The van der Waals surface area contributed by atoms with E-state index in [4.69, 9.17) is 11.1 Å². The van der Waals surface area contributed by atoms with E-state index in [1.807, 2.05) is 6.92 Å². The fraction of sp³-hybridized carbons (Fsp3) is 0.533. The number of carbonyl (C=O) groups is 1. The van der Waals surface area contributed by atoms with Gasteiger partial charge in [-0.05, 0) is 41.2 Å². The van der Waals surface area contributed by atoms with Gasteiger partial charge in [0.25, 0.3) is 5.91 Å². The van der Waals surface area contributed by atoms with E-state index < -0.39 is 15.3 Å². The predicted octanol–water partition coefficient (Wildman–Crippen LogP) is 3.34. The Balaban J connectivity index is 2.27. The molecule has 2 rings (SSSR count). The van der Waals surface area contributed by atoms with Gasteiger partial charge in [0, 0.05) is 45.8 Å². The number of carbonyl (C=O) groups excluding carboxylic acids is 1. The van der Waals surface area contributed by atoms with Gasteiger partial charge in [0.1, 0.15) is 9.84 Å². The third kappa shape index (κ3) is 5.13. The quantitative estimate of drug-likeness (QED) is 0.424. The summed E-state index contributed by atoms with van der Waals surface area (Å²) in [5.41, 5.74) is 17.7. The number of azide groups is 2. The highest BCUT2D eigenvalue weighted by molar-refractivity contribution is 7.90. The first-order valence-corrected chi connectivity index (χ1v) is 9.89. The lowest BCUT2D eigenvalue weighted by Gasteiger charge is -2.23. The molecule has 1 atom stereocenters. The number of amides is 1. The van der Waals surface area contributed by atoms with Crippen LogP contribution in [0.2, 0.25) is 0 Å². The maximum Gasteiger partial charge on any atom is 0.253 e. The van der Waals surface area contributed by atoms with Crippen LogP contribution in [0, 0.1) is 5.41 Å². The second kappa shape index (κ2) is 7.65. The number of hydrogen-bond acceptors (Lipinski definition) is 5. The van der Waals surface area contributed by atoms with Crippen molar-refractivity contribution in [3.63, 3.8) is 0 Å². The first-order valence-electron chi connectivity index (χ1n) is 7.83. The predicted molar refractivity (Wildman–Crippen MR) is 96.4 cm³/mol. The Kier molecular flexibility index (Phi) is 5.76. The van der Waals surface area contributed by atoms with Crippen molar-refractivity contribution >= 4 is 21.4 Å². The van der Waals surface area contributed by atoms with E-state index >= 15 is 0 Å². The maximum absolute atomic E-state index is 12.8. The number of sulfone groups is 1. The molecule has 0 aliphatic carbocycles. The van der Waals surface area contributed by atoms with Gasteiger partial charge in [-0.15, -0.1) is 0 Å². The molecular weight excluding hydrogens is 358 g/mol. The zero-order valence-corrected chi connectivity index (χ0v) is 15.3. The molecule has 0 bridgehead atoms. The van der Waals surface area contributed by atoms with E-state index in [0.29, 0.717) is 30.6 Å². The molecule has 0 N–H and O–H groups in total. The van der Waals surface area contributed by atoms with Crippen molar-refractivity contribution in [2.24, 2.45) is 15.6 Å². The first kappa shape index (κ1) is 19.6. The summed E-state index contributed by atoms with van der Waals surface area (Å²) in [5, 5.41) is 6.98. The summed E-state index contributed by atoms with van der Waals surface area (Å²) < 4.78 is 23.2. The molecule has 1 aromatic carbocycles. The molecule has 0 aromatic heterocycles. The summed E-state index contributed by atoms with van der Waals surface area (Å²) in [4.78, 5) is 19.8. The van der Waals surface area contributed by atoms with Crippen LogP contribution in [0.3, 0.4) is 0 Å². The van der Waals surface area contributed by atoms with Gasteiger partial charge in [-0.2, -0.15) is 0 Å². The molecule has 1 aromatic rings. The number of nitrogens with zero attached hydrogens (tertiary/aromatic N) is 7. The average molecular weight is 377 g/mol. The number of benzene rings is 1. The fourth-order valence-corrected chi connectivity index (χ4v) is 4.74. The van der Waals surface area contributed by atoms with Gasteiger partial charge in [0.05, 0.1) is 12.3 Å². The highest BCUT2D eigenvalue weighted by Gasteiger charge is 2.38. The van der Waals surface area contributed by atoms with Gasteiger partial charge in [-0.25, -0.2) is 8.42 Å². The molecule has 1 aliphatic rings. The number of hydrogen-bond donors (Lipinski definition) is 0. The Morgan fingerprint density at radius 3 is 2.65 bits per heavy atom. The van der Waals surface area contributed by atoms with Gasteiger partial charge in [0.2, 0.25) is 0 Å². The molecule has 0 spiro atoms. The molecule has 1 amide bonds. The van der Waals surface area contributed by atoms with Gasteiger partial charge in [0.15, 0.2) is 0 Å². The van der Waals surface area contributed by atoms with E-state index in [-0.39, 0.29) is 23.9 Å². The van der Waals surface area contributed by atoms with E-state index in [2.05, 4.69) is 20.1 Å². The summed E-state index contributed by atoms with van der Waals surface area (Å²) in [6.45, 7) is 2.65. The Bertz CT molecular complexity index is 917. The zero-order chi connectivity index (χ0) is 19.4. The van der Waals surface area contributed by atoms with E-state index in [1.54, 1.807) is 17.0 Å². The van der Waals surface area contributed by atoms with Crippen molar-refractivity contribution in [3.8, 4) is 0 Å². The fourth-order valence-electron chi connectivity index (χ4n) is 3.24. The van der Waals surface area contributed by atoms with Gasteiger partial charge >= 0.3 is 0 Å². The average Bonchev–Trinajstić information content (AvgIpc) is 2.92. The molecule has 11 heteroatoms. The topological polar surface area (TPSA) is 152 Å². The van der Waals surface area contributed by atoms with E-state index in [1.165, 1.54) is 12.3 Å². The highest BCUT2D eigenvalue weighted by Crippen LogP contribution is 2.32. The van der Waals surface area contributed by atoms with Crippen LogP contribution >= 0.6 is 0 Å². The molecule has 1 fully saturated rings. The van der Waals surface area contributed by atoms with Crippen LogP contribution in [0.25, 0.3) is 20.9 Å². The second-order valence-corrected chi connectivity index (χ2v) is 8.96. The summed E-state index contributed by atoms with van der Waals surface area (Å²) in [6, 6.07) is 4.59. The molecule has 10 nitrogen and oxygen atoms in total. The van der Waals surface area contributed by atoms with Gasteiger partial charge < -0.3 is 4.90 Å². The zero-order valence-electron chi connectivity index (χ0n) is 14.5. The molecule has 1 aliphatic heterocycles. The third-order valence-corrected chi connectivity index (χ3v) is 5.38. The van der Waals surface area contributed by atoms with Gasteiger partial charge in [-0.1, -0.05) is 17.2 Å². The number of likely N-dealkylation sites (tertiary alicyclic amines) is 1. The third-order valence-electron chi connectivity index (χ3n) is 4.16. The smallest absolute Gasteiger partial charge is 0.253 e. The van der Waals surface area contributed by atoms with Crippen LogP contribution in [0.4, 0.5) is 5.69 Å². The summed E-state index contributed by atoms with van der Waals surface area (Å²) in [7, 11) is -3.15. The van der Waals surface area contributed by atoms with Crippen molar-refractivity contribution in [1.29, 1.82) is 0 Å². The minimum atomic E-state index is -3.15. The largest absolute Gasteiger partial charge is 0.338 e. The van der Waals surface area contributed by atoms with Crippen LogP contribution < -0.4 is 0 Å². The monoisotopic (exact) mass is 377 g/mol. The van der Waals surface area contributed by atoms with E-state index in [0.717, 1.165) is 0 Å². The molecule has 0 saturated carbocycles. The lowest BCUT2D eigenvalue weighted by molar-refractivity contribution is 0.0778. The standard InChI is InChI=1S/C15H19N7O3S/c1-15(10-26(2,24)25)3-4-22(9-15)14(23)12-5-11(8-18-20-16)6-13(7-12)19-21-17/h5-7H,3-4,8-10H2,1-2H3. The number of rotatable bonds is 6. The normalized spacial score (nSPS) is 19.5. The van der Waals surface area contributed by atoms with Crippen molar-refractivity contribution < 1.29 is 13.2 Å². The minimum Gasteiger partial charge on any atom is -0.338 e. The molecule has 138 valence electrons. The summed E-state index contributed by atoms with van der Waals surface area (Å²) in [5.74, 6) is -0.260. The van der Waals surface area contributed by atoms with E-state index in [9.17, 15) is 13.2 Å². The van der Waals surface area contributed by atoms with Crippen LogP contribution in [0.15, 0.2) is 28.4 Å². The molecule has 26 heavy (non-hydrogen) atoms. The molecule has 1 saturated heterocycles. The van der Waals surface area contributed by atoms with Crippen LogP contribution in [0.5, 0.6) is 0 Å². The molecule has 1 heterocycles. The van der Waals surface area contributed by atoms with Crippen LogP contribution in [-0.2, 0) is 16.4 Å². The molecule has 1 unspecified atom stereocenters. The van der Waals surface area contributed by atoms with Crippen molar-refractivity contribution in [1.82, 2.24) is 4.90 Å². The van der Waals surface area contributed by atoms with Crippen LogP contribution in [-0.4, -0.2) is 44.3 Å². The lowest BCUT2D eigenvalue weighted by Crippen LogP contribution is -2.34. The summed E-state index contributed by atoms with van der Waals surface area (Å²) in [6.07, 6.45) is 1.78. The first-order chi connectivity index (χ1) is 12.2. The molecule has 0 radical (unpaired) electrons. The van der Waals surface area contributed by atoms with Crippen LogP contribution in [0.1, 0.15) is 29.3 Å². The SMILES string of the molecule is CC1(CS(C)(=O)=O)CCN(C(=O)c2cc(CN=[N+]=[N-])cc(N=[N+]=[N-])c2)C1. The minimum absolute atomic E-state index is 0.0185. The van der Waals surface area contributed by atoms with Crippen molar-refractivity contribution in [2.45, 2.75) is 19.9 Å². The van der Waals surface area contributed by atoms with Crippen molar-refractivity contribution in [3.05, 3.63) is 50.2 Å². The maximum atomic E-state index is 12.8. The van der Waals surface area contributed by atoms with Gasteiger partial charge in [-0.3, -0.25) is 4.79 Å². The Morgan fingerprint density at radius 1 is 1.31 bits per heavy atom. The Hall–Kier alpha value is -2.74. The highest BCUT2D eigenvalue weighted by atomic mass is 32.2. The Morgan fingerprint density at radius 2 is 2.04 bits per heavy atom. The second-order valence-electron chi connectivity index (χ2n) is 6.82. The lowest BCUT2D eigenvalue weighted by atomic mass is 9.93. The molecular formula is C15H19N7O3S. The summed E-state index contributed by atoms with van der Waals surface area (Å²) >= 11 is 0. The van der Waals surface area contributed by atoms with Crippen molar-refractivity contribution in [2.75, 3.05) is 25.1 Å².